The van der Waals surface area contributed by atoms with E-state index in [1.54, 1.807) is 0 Å². The van der Waals surface area contributed by atoms with Gasteiger partial charge in [0.15, 0.2) is 0 Å². The summed E-state index contributed by atoms with van der Waals surface area (Å²) in [7, 11) is 0. The molecule has 72 valence electrons. The Hall–Kier alpha value is -0.0400. The van der Waals surface area contributed by atoms with E-state index in [1.165, 1.54) is 32.2 Å². The van der Waals surface area contributed by atoms with Gasteiger partial charge >= 0.3 is 0 Å². The van der Waals surface area contributed by atoms with Gasteiger partial charge in [-0.2, -0.15) is 0 Å². The lowest BCUT2D eigenvalue weighted by atomic mass is 9.83. The van der Waals surface area contributed by atoms with Crippen LogP contribution in [0.5, 0.6) is 0 Å². The largest absolute Gasteiger partial charge is 0.316 e. The summed E-state index contributed by atoms with van der Waals surface area (Å²) >= 11 is 0. The maximum Gasteiger partial charge on any atom is -0.0000124 e. The molecule has 0 aromatic rings. The van der Waals surface area contributed by atoms with Crippen molar-refractivity contribution in [2.24, 2.45) is 11.3 Å². The first-order valence-corrected chi connectivity index (χ1v) is 5.29. The highest BCUT2D eigenvalue weighted by molar-refractivity contribution is 4.71. The third-order valence-corrected chi connectivity index (χ3v) is 2.61. The van der Waals surface area contributed by atoms with E-state index in [4.69, 9.17) is 0 Å². The molecule has 0 spiro atoms. The molecular formula is C11H23N. The highest BCUT2D eigenvalue weighted by Gasteiger charge is 2.16. The van der Waals surface area contributed by atoms with Gasteiger partial charge in [0, 0.05) is 0 Å². The minimum Gasteiger partial charge on any atom is -0.316 e. The second-order valence-corrected chi connectivity index (χ2v) is 5.32. The Morgan fingerprint density at radius 1 is 1.25 bits per heavy atom. The van der Waals surface area contributed by atoms with Crippen LogP contribution in [0.15, 0.2) is 0 Å². The molecule has 0 atom stereocenters. The van der Waals surface area contributed by atoms with Crippen LogP contribution < -0.4 is 5.32 Å². The molecular weight excluding hydrogens is 146 g/mol. The van der Waals surface area contributed by atoms with Gasteiger partial charge in [0.05, 0.1) is 0 Å². The van der Waals surface area contributed by atoms with Crippen LogP contribution in [-0.4, -0.2) is 13.1 Å². The molecule has 0 aromatic carbocycles. The predicted molar refractivity (Wildman–Crippen MR) is 54.3 cm³/mol. The van der Waals surface area contributed by atoms with Gasteiger partial charge in [-0.3, -0.25) is 0 Å². The predicted octanol–water partition coefficient (Wildman–Crippen LogP) is 2.81. The molecule has 1 fully saturated rings. The summed E-state index contributed by atoms with van der Waals surface area (Å²) in [5.41, 5.74) is 0.444. The fourth-order valence-corrected chi connectivity index (χ4v) is 1.55. The molecule has 1 heteroatoms. The molecule has 0 aromatic heterocycles. The lowest BCUT2D eigenvalue weighted by Gasteiger charge is -2.26. The Balaban J connectivity index is 1.88. The van der Waals surface area contributed by atoms with E-state index in [9.17, 15) is 0 Å². The van der Waals surface area contributed by atoms with Gasteiger partial charge in [0.25, 0.3) is 0 Å². The van der Waals surface area contributed by atoms with Crippen molar-refractivity contribution >= 4 is 0 Å². The molecule has 0 radical (unpaired) electrons. The van der Waals surface area contributed by atoms with Crippen LogP contribution in [0.1, 0.15) is 46.5 Å². The first-order valence-electron chi connectivity index (χ1n) is 5.29. The second-order valence-electron chi connectivity index (χ2n) is 5.32. The van der Waals surface area contributed by atoms with Crippen LogP contribution in [0.2, 0.25) is 0 Å². The third kappa shape index (κ3) is 4.10. The molecule has 1 nitrogen and oxygen atoms in total. The molecule has 1 saturated carbocycles. The van der Waals surface area contributed by atoms with Crippen molar-refractivity contribution in [1.29, 1.82) is 0 Å². The van der Waals surface area contributed by atoms with Crippen molar-refractivity contribution in [2.75, 3.05) is 13.1 Å². The van der Waals surface area contributed by atoms with Gasteiger partial charge in [0.1, 0.15) is 0 Å². The summed E-state index contributed by atoms with van der Waals surface area (Å²) in [5.74, 6) is 1.05. The van der Waals surface area contributed by atoms with E-state index in [-0.39, 0.29) is 0 Å². The maximum absolute atomic E-state index is 3.52. The molecule has 0 amide bonds. The van der Waals surface area contributed by atoms with E-state index in [1.807, 2.05) is 0 Å². The van der Waals surface area contributed by atoms with Crippen LogP contribution in [0.3, 0.4) is 0 Å². The van der Waals surface area contributed by atoms with Crippen molar-refractivity contribution in [1.82, 2.24) is 5.32 Å². The van der Waals surface area contributed by atoms with Crippen molar-refractivity contribution in [3.05, 3.63) is 0 Å². The Labute approximate surface area is 76.9 Å². The van der Waals surface area contributed by atoms with Gasteiger partial charge < -0.3 is 5.32 Å². The molecule has 0 aliphatic heterocycles. The lowest BCUT2D eigenvalue weighted by Crippen LogP contribution is -2.29. The Morgan fingerprint density at radius 3 is 2.33 bits per heavy atom. The van der Waals surface area contributed by atoms with E-state index < -0.39 is 0 Å². The molecule has 0 heterocycles. The minimum absolute atomic E-state index is 0.444. The van der Waals surface area contributed by atoms with Gasteiger partial charge in [-0.1, -0.05) is 40.0 Å². The van der Waals surface area contributed by atoms with Crippen LogP contribution in [-0.2, 0) is 0 Å². The molecule has 0 saturated heterocycles. The number of nitrogens with one attached hydrogen (secondary N) is 1. The smallest absolute Gasteiger partial charge is 0.0000124 e. The fraction of sp³-hybridized carbons (Fsp3) is 1.00. The molecule has 1 rings (SSSR count). The summed E-state index contributed by atoms with van der Waals surface area (Å²) < 4.78 is 0. The van der Waals surface area contributed by atoms with Gasteiger partial charge in [-0.25, -0.2) is 0 Å². The highest BCUT2D eigenvalue weighted by atomic mass is 14.9. The Kier molecular flexibility index (Phi) is 3.57. The van der Waals surface area contributed by atoms with Gasteiger partial charge in [0.2, 0.25) is 0 Å². The van der Waals surface area contributed by atoms with E-state index in [0.29, 0.717) is 5.41 Å². The zero-order valence-electron chi connectivity index (χ0n) is 8.82. The standard InChI is InChI=1S/C11H23N/c1-11(2,3)9-12-8-7-10-5-4-6-10/h10,12H,4-9H2,1-3H3. The van der Waals surface area contributed by atoms with Crippen molar-refractivity contribution in [3.8, 4) is 0 Å². The lowest BCUT2D eigenvalue weighted by molar-refractivity contribution is 0.283. The summed E-state index contributed by atoms with van der Waals surface area (Å²) in [5, 5.41) is 3.52. The van der Waals surface area contributed by atoms with Crippen molar-refractivity contribution in [2.45, 2.75) is 46.5 Å². The Morgan fingerprint density at radius 2 is 1.92 bits per heavy atom. The summed E-state index contributed by atoms with van der Waals surface area (Å²) in [4.78, 5) is 0. The minimum atomic E-state index is 0.444. The molecule has 0 bridgehead atoms. The van der Waals surface area contributed by atoms with Crippen molar-refractivity contribution in [3.63, 3.8) is 0 Å². The van der Waals surface area contributed by atoms with Gasteiger partial charge in [-0.15, -0.1) is 0 Å². The van der Waals surface area contributed by atoms with Gasteiger partial charge in [-0.05, 0) is 30.8 Å². The van der Waals surface area contributed by atoms with Crippen LogP contribution >= 0.6 is 0 Å². The summed E-state index contributed by atoms with van der Waals surface area (Å²) in [6, 6.07) is 0. The monoisotopic (exact) mass is 169 g/mol. The highest BCUT2D eigenvalue weighted by Crippen LogP contribution is 2.28. The zero-order chi connectivity index (χ0) is 9.03. The first-order chi connectivity index (χ1) is 5.58. The topological polar surface area (TPSA) is 12.0 Å². The number of hydrogen-bond donors (Lipinski definition) is 1. The first kappa shape index (κ1) is 10.0. The third-order valence-electron chi connectivity index (χ3n) is 2.61. The zero-order valence-corrected chi connectivity index (χ0v) is 8.82. The summed E-state index contributed by atoms with van der Waals surface area (Å²) in [6.07, 6.45) is 5.84. The molecule has 0 unspecified atom stereocenters. The van der Waals surface area contributed by atoms with E-state index >= 15 is 0 Å². The maximum atomic E-state index is 3.52. The molecule has 12 heavy (non-hydrogen) atoms. The van der Waals surface area contributed by atoms with Crippen LogP contribution in [0, 0.1) is 11.3 Å². The molecule has 1 aliphatic rings. The quantitative estimate of drug-likeness (QED) is 0.638. The summed E-state index contributed by atoms with van der Waals surface area (Å²) in [6.45, 7) is 9.22. The van der Waals surface area contributed by atoms with Crippen molar-refractivity contribution < 1.29 is 0 Å². The van der Waals surface area contributed by atoms with Crippen LogP contribution in [0.4, 0.5) is 0 Å². The number of hydrogen-bond acceptors (Lipinski definition) is 1. The molecule has 1 N–H and O–H groups in total. The SMILES string of the molecule is CC(C)(C)CNCCC1CCC1. The fourth-order valence-electron chi connectivity index (χ4n) is 1.55. The van der Waals surface area contributed by atoms with Crippen LogP contribution in [0.25, 0.3) is 0 Å². The van der Waals surface area contributed by atoms with E-state index in [0.717, 1.165) is 12.5 Å². The second kappa shape index (κ2) is 4.27. The van der Waals surface area contributed by atoms with E-state index in [2.05, 4.69) is 26.1 Å². The average molecular weight is 169 g/mol. The number of rotatable bonds is 4. The normalized spacial score (nSPS) is 19.2. The Bertz CT molecular complexity index is 119. The average Bonchev–Trinajstić information content (AvgIpc) is 1.80. The molecule has 1 aliphatic carbocycles.